The van der Waals surface area contributed by atoms with Crippen molar-refractivity contribution in [1.29, 1.82) is 5.41 Å². The van der Waals surface area contributed by atoms with Crippen molar-refractivity contribution in [1.82, 2.24) is 10.6 Å². The number of carbonyl (C=O) groups excluding carboxylic acids is 1. The Labute approximate surface area is 199 Å². The molecule has 1 fully saturated rings. The Bertz CT molecular complexity index is 1190. The molecule has 6 heteroatoms. The van der Waals surface area contributed by atoms with Crippen LogP contribution < -0.4 is 10.6 Å². The third-order valence-electron chi connectivity index (χ3n) is 6.43. The van der Waals surface area contributed by atoms with Gasteiger partial charge in [0.15, 0.2) is 0 Å². The first-order valence-electron chi connectivity index (χ1n) is 11.5. The van der Waals surface area contributed by atoms with Gasteiger partial charge in [0.25, 0.3) is 5.91 Å². The molecule has 0 aliphatic heterocycles. The fourth-order valence-corrected chi connectivity index (χ4v) is 4.45. The van der Waals surface area contributed by atoms with E-state index in [2.05, 4.69) is 10.6 Å². The van der Waals surface area contributed by atoms with E-state index >= 15 is 0 Å². The fraction of sp³-hybridized carbons (Fsp3) is 0.250. The molecule has 1 amide bonds. The molecule has 0 aromatic heterocycles. The highest BCUT2D eigenvalue weighted by molar-refractivity contribution is 6.11. The first-order valence-corrected chi connectivity index (χ1v) is 11.5. The smallest absolute Gasteiger partial charge is 0.306 e. The SMILES string of the molecule is Cc1cc(C(=O)NC(=N)c2ccc(CN[C@@H]3CC[C@@H](C(=O)O)C3)cc2)ccc1-c1ccccc1. The van der Waals surface area contributed by atoms with Gasteiger partial charge in [0.05, 0.1) is 5.92 Å². The van der Waals surface area contributed by atoms with Gasteiger partial charge in [-0.2, -0.15) is 0 Å². The van der Waals surface area contributed by atoms with Crippen LogP contribution in [0.3, 0.4) is 0 Å². The van der Waals surface area contributed by atoms with Gasteiger partial charge in [-0.25, -0.2) is 0 Å². The molecule has 2 atom stereocenters. The average molecular weight is 456 g/mol. The summed E-state index contributed by atoms with van der Waals surface area (Å²) in [5.41, 5.74) is 5.37. The summed E-state index contributed by atoms with van der Waals surface area (Å²) < 4.78 is 0. The third-order valence-corrected chi connectivity index (χ3v) is 6.43. The average Bonchev–Trinajstić information content (AvgIpc) is 3.33. The number of carbonyl (C=O) groups is 2. The van der Waals surface area contributed by atoms with Crippen LogP contribution >= 0.6 is 0 Å². The van der Waals surface area contributed by atoms with E-state index < -0.39 is 5.97 Å². The Morgan fingerprint density at radius 2 is 1.68 bits per heavy atom. The molecule has 0 heterocycles. The summed E-state index contributed by atoms with van der Waals surface area (Å²) in [7, 11) is 0. The number of hydrogen-bond donors (Lipinski definition) is 4. The molecule has 0 bridgehead atoms. The molecule has 3 aromatic carbocycles. The van der Waals surface area contributed by atoms with Crippen LogP contribution in [0.5, 0.6) is 0 Å². The van der Waals surface area contributed by atoms with Gasteiger partial charge < -0.3 is 15.7 Å². The van der Waals surface area contributed by atoms with Crippen LogP contribution in [0.25, 0.3) is 11.1 Å². The maximum absolute atomic E-state index is 12.7. The molecule has 1 saturated carbocycles. The Morgan fingerprint density at radius 3 is 2.32 bits per heavy atom. The summed E-state index contributed by atoms with van der Waals surface area (Å²) in [5.74, 6) is -1.22. The monoisotopic (exact) mass is 455 g/mol. The van der Waals surface area contributed by atoms with Gasteiger partial charge in [-0.1, -0.05) is 60.7 Å². The molecule has 4 rings (SSSR count). The van der Waals surface area contributed by atoms with E-state index in [0.717, 1.165) is 35.1 Å². The van der Waals surface area contributed by atoms with E-state index in [0.29, 0.717) is 24.1 Å². The minimum absolute atomic E-state index is 0.0504. The lowest BCUT2D eigenvalue weighted by molar-refractivity contribution is -0.141. The number of rotatable bonds is 7. The first-order chi connectivity index (χ1) is 16.4. The van der Waals surface area contributed by atoms with Crippen molar-refractivity contribution in [2.45, 2.75) is 38.8 Å². The fourth-order valence-electron chi connectivity index (χ4n) is 4.45. The van der Waals surface area contributed by atoms with Crippen molar-refractivity contribution in [3.63, 3.8) is 0 Å². The number of amides is 1. The zero-order valence-corrected chi connectivity index (χ0v) is 19.2. The summed E-state index contributed by atoms with van der Waals surface area (Å²) >= 11 is 0. The number of benzene rings is 3. The Morgan fingerprint density at radius 1 is 0.971 bits per heavy atom. The summed E-state index contributed by atoms with van der Waals surface area (Å²) in [6.45, 7) is 2.62. The molecule has 6 nitrogen and oxygen atoms in total. The number of aliphatic carboxylic acids is 1. The summed E-state index contributed by atoms with van der Waals surface area (Å²) in [5, 5.41) is 23.5. The Kier molecular flexibility index (Phi) is 7.18. The van der Waals surface area contributed by atoms with Crippen molar-refractivity contribution in [2.24, 2.45) is 5.92 Å². The molecule has 1 aliphatic carbocycles. The maximum Gasteiger partial charge on any atom is 0.306 e. The topological polar surface area (TPSA) is 102 Å². The van der Waals surface area contributed by atoms with Crippen molar-refractivity contribution >= 4 is 17.7 Å². The lowest BCUT2D eigenvalue weighted by Crippen LogP contribution is -2.30. The second-order valence-electron chi connectivity index (χ2n) is 8.85. The molecule has 174 valence electrons. The third kappa shape index (κ3) is 5.58. The minimum Gasteiger partial charge on any atom is -0.481 e. The number of aryl methyl sites for hydroxylation is 1. The van der Waals surface area contributed by atoms with Crippen LogP contribution in [0.4, 0.5) is 0 Å². The van der Waals surface area contributed by atoms with Gasteiger partial charge in [-0.3, -0.25) is 15.0 Å². The van der Waals surface area contributed by atoms with Crippen molar-refractivity contribution in [3.05, 3.63) is 95.1 Å². The molecule has 1 aliphatic rings. The normalized spacial score (nSPS) is 17.3. The predicted molar refractivity (Wildman–Crippen MR) is 133 cm³/mol. The minimum atomic E-state index is -0.712. The summed E-state index contributed by atoms with van der Waals surface area (Å²) in [4.78, 5) is 23.8. The molecule has 0 saturated heterocycles. The maximum atomic E-state index is 12.7. The molecule has 34 heavy (non-hydrogen) atoms. The van der Waals surface area contributed by atoms with Crippen LogP contribution in [0.2, 0.25) is 0 Å². The van der Waals surface area contributed by atoms with E-state index in [-0.39, 0.29) is 23.7 Å². The van der Waals surface area contributed by atoms with Gasteiger partial charge in [0.2, 0.25) is 0 Å². The van der Waals surface area contributed by atoms with Gasteiger partial charge in [0, 0.05) is 23.7 Å². The number of amidine groups is 1. The number of hydrogen-bond acceptors (Lipinski definition) is 4. The van der Waals surface area contributed by atoms with Crippen molar-refractivity contribution < 1.29 is 14.7 Å². The second-order valence-corrected chi connectivity index (χ2v) is 8.85. The molecule has 0 radical (unpaired) electrons. The lowest BCUT2D eigenvalue weighted by Gasteiger charge is -2.13. The molecular formula is C28H29N3O3. The predicted octanol–water partition coefficient (Wildman–Crippen LogP) is 4.76. The summed E-state index contributed by atoms with van der Waals surface area (Å²) in [6, 6.07) is 23.3. The molecule has 3 aromatic rings. The van der Waals surface area contributed by atoms with E-state index in [4.69, 9.17) is 10.5 Å². The van der Waals surface area contributed by atoms with E-state index in [1.807, 2.05) is 73.7 Å². The van der Waals surface area contributed by atoms with Crippen LogP contribution in [-0.4, -0.2) is 28.9 Å². The zero-order chi connectivity index (χ0) is 24.1. The first kappa shape index (κ1) is 23.4. The van der Waals surface area contributed by atoms with E-state index in [1.165, 1.54) is 0 Å². The largest absolute Gasteiger partial charge is 0.481 e. The highest BCUT2D eigenvalue weighted by Crippen LogP contribution is 2.26. The second kappa shape index (κ2) is 10.4. The van der Waals surface area contributed by atoms with Crippen LogP contribution in [0.1, 0.15) is 46.3 Å². The van der Waals surface area contributed by atoms with Crippen LogP contribution in [0, 0.1) is 18.3 Å². The lowest BCUT2D eigenvalue weighted by atomic mass is 9.98. The summed E-state index contributed by atoms with van der Waals surface area (Å²) in [6.07, 6.45) is 2.25. The zero-order valence-electron chi connectivity index (χ0n) is 19.2. The Balaban J connectivity index is 1.32. The van der Waals surface area contributed by atoms with E-state index in [1.54, 1.807) is 6.07 Å². The molecule has 0 spiro atoms. The van der Waals surface area contributed by atoms with Gasteiger partial charge >= 0.3 is 5.97 Å². The van der Waals surface area contributed by atoms with Gasteiger partial charge in [-0.15, -0.1) is 0 Å². The van der Waals surface area contributed by atoms with Crippen molar-refractivity contribution in [2.75, 3.05) is 0 Å². The highest BCUT2D eigenvalue weighted by atomic mass is 16.4. The van der Waals surface area contributed by atoms with Crippen LogP contribution in [0.15, 0.2) is 72.8 Å². The van der Waals surface area contributed by atoms with Gasteiger partial charge in [0.1, 0.15) is 5.84 Å². The van der Waals surface area contributed by atoms with Crippen molar-refractivity contribution in [3.8, 4) is 11.1 Å². The molecular weight excluding hydrogens is 426 g/mol. The number of carboxylic acids is 1. The highest BCUT2D eigenvalue weighted by Gasteiger charge is 2.29. The van der Waals surface area contributed by atoms with Gasteiger partial charge in [-0.05, 0) is 60.6 Å². The molecule has 0 unspecified atom stereocenters. The van der Waals surface area contributed by atoms with E-state index in [9.17, 15) is 9.59 Å². The Hall–Kier alpha value is -3.77. The standard InChI is InChI=1S/C28H29N3O3/c1-18-15-22(12-14-25(18)20-5-3-2-4-6-20)27(32)31-26(29)21-9-7-19(8-10-21)17-30-24-13-11-23(16-24)28(33)34/h2-10,12,14-15,23-24,30H,11,13,16-17H2,1H3,(H,33,34)(H2,29,31,32)/t23-,24-/m1/s1. The number of carboxylic acid groups (broad SMARTS) is 1. The van der Waals surface area contributed by atoms with Crippen LogP contribution in [-0.2, 0) is 11.3 Å². The quantitative estimate of drug-likeness (QED) is 0.305. The molecule has 4 N–H and O–H groups in total. The number of nitrogens with one attached hydrogen (secondary N) is 3.